The Kier molecular flexibility index (Phi) is 2.68. The molecule has 0 saturated heterocycles. The van der Waals surface area contributed by atoms with Crippen LogP contribution in [0.1, 0.15) is 21.1 Å². The highest BCUT2D eigenvalue weighted by molar-refractivity contribution is 7.11. The van der Waals surface area contributed by atoms with Crippen molar-refractivity contribution in [1.29, 1.82) is 0 Å². The molecule has 3 rings (SSSR count). The van der Waals surface area contributed by atoms with E-state index in [0.29, 0.717) is 0 Å². The zero-order valence-corrected chi connectivity index (χ0v) is 9.76. The van der Waals surface area contributed by atoms with Crippen LogP contribution in [-0.4, -0.2) is 16.5 Å². The molecule has 82 valence electrons. The molecule has 0 radical (unpaired) electrons. The first-order valence-corrected chi connectivity index (χ1v) is 6.30. The molecular weight excluding hydrogens is 218 g/mol. The normalized spacial score (nSPS) is 14.8. The zero-order valence-electron chi connectivity index (χ0n) is 8.94. The number of nitrogens with one attached hydrogen (secondary N) is 1. The highest BCUT2D eigenvalue weighted by Crippen LogP contribution is 2.23. The second kappa shape index (κ2) is 4.31. The smallest absolute Gasteiger partial charge is 0.0975 e. The Balaban J connectivity index is 1.83. The Morgan fingerprint density at radius 3 is 3.00 bits per heavy atom. The standard InChI is InChI=1S/C12H13N3S/c1-4-13-5-2-9(1)7-12-15-10-3-6-14-8-11(10)16-12/h1-2,4-5,14H,3,6-8H2. The van der Waals surface area contributed by atoms with Gasteiger partial charge in [-0.2, -0.15) is 0 Å². The second-order valence-corrected chi connectivity index (χ2v) is 5.10. The Hall–Kier alpha value is -1.26. The van der Waals surface area contributed by atoms with Crippen LogP contribution in [0.3, 0.4) is 0 Å². The van der Waals surface area contributed by atoms with Crippen molar-refractivity contribution in [2.75, 3.05) is 6.54 Å². The molecule has 1 aliphatic rings. The van der Waals surface area contributed by atoms with Gasteiger partial charge in [0.25, 0.3) is 0 Å². The van der Waals surface area contributed by atoms with Crippen LogP contribution in [-0.2, 0) is 19.4 Å². The van der Waals surface area contributed by atoms with Gasteiger partial charge in [0.2, 0.25) is 0 Å². The maximum atomic E-state index is 4.70. The molecule has 0 aromatic carbocycles. The summed E-state index contributed by atoms with van der Waals surface area (Å²) in [5.41, 5.74) is 2.59. The lowest BCUT2D eigenvalue weighted by Gasteiger charge is -2.09. The monoisotopic (exact) mass is 231 g/mol. The van der Waals surface area contributed by atoms with E-state index in [1.54, 1.807) is 0 Å². The summed E-state index contributed by atoms with van der Waals surface area (Å²) in [6.07, 6.45) is 5.68. The summed E-state index contributed by atoms with van der Waals surface area (Å²) in [5, 5.41) is 4.60. The van der Waals surface area contributed by atoms with Crippen molar-refractivity contribution in [2.24, 2.45) is 0 Å². The molecule has 1 aliphatic heterocycles. The molecule has 0 amide bonds. The first-order valence-electron chi connectivity index (χ1n) is 5.49. The SMILES string of the molecule is c1cc(Cc2nc3c(s2)CNCC3)ccn1. The van der Waals surface area contributed by atoms with Crippen LogP contribution in [0.15, 0.2) is 24.5 Å². The lowest BCUT2D eigenvalue weighted by atomic mass is 10.2. The van der Waals surface area contributed by atoms with Crippen molar-refractivity contribution < 1.29 is 0 Å². The fraction of sp³-hybridized carbons (Fsp3) is 0.333. The third-order valence-corrected chi connectivity index (χ3v) is 3.85. The number of aromatic nitrogens is 2. The van der Waals surface area contributed by atoms with Crippen LogP contribution < -0.4 is 5.32 Å². The molecule has 0 unspecified atom stereocenters. The molecule has 2 aromatic heterocycles. The topological polar surface area (TPSA) is 37.8 Å². The van der Waals surface area contributed by atoms with E-state index in [1.807, 2.05) is 23.7 Å². The minimum atomic E-state index is 0.931. The molecular formula is C12H13N3S. The van der Waals surface area contributed by atoms with Gasteiger partial charge in [0.15, 0.2) is 0 Å². The zero-order chi connectivity index (χ0) is 10.8. The Morgan fingerprint density at radius 1 is 1.31 bits per heavy atom. The van der Waals surface area contributed by atoms with E-state index in [4.69, 9.17) is 4.98 Å². The molecule has 1 N–H and O–H groups in total. The summed E-state index contributed by atoms with van der Waals surface area (Å²) in [4.78, 5) is 10.1. The van der Waals surface area contributed by atoms with E-state index in [2.05, 4.69) is 22.4 Å². The van der Waals surface area contributed by atoms with Crippen LogP contribution in [0, 0.1) is 0 Å². The molecule has 0 bridgehead atoms. The van der Waals surface area contributed by atoms with Crippen molar-refractivity contribution in [3.63, 3.8) is 0 Å². The lowest BCUT2D eigenvalue weighted by molar-refractivity contribution is 0.643. The summed E-state index contributed by atoms with van der Waals surface area (Å²) >= 11 is 1.84. The summed E-state index contributed by atoms with van der Waals surface area (Å²) in [6, 6.07) is 4.11. The molecule has 2 aromatic rings. The first kappa shape index (κ1) is 9.93. The summed E-state index contributed by atoms with van der Waals surface area (Å²) < 4.78 is 0. The Morgan fingerprint density at radius 2 is 2.19 bits per heavy atom. The molecule has 0 spiro atoms. The molecule has 0 aliphatic carbocycles. The van der Waals surface area contributed by atoms with Crippen LogP contribution in [0.5, 0.6) is 0 Å². The highest BCUT2D eigenvalue weighted by Gasteiger charge is 2.14. The number of rotatable bonds is 2. The van der Waals surface area contributed by atoms with E-state index in [1.165, 1.54) is 21.1 Å². The summed E-state index contributed by atoms with van der Waals surface area (Å²) in [5.74, 6) is 0. The number of hydrogen-bond donors (Lipinski definition) is 1. The molecule has 16 heavy (non-hydrogen) atoms. The van der Waals surface area contributed by atoms with Gasteiger partial charge in [0.05, 0.1) is 10.7 Å². The van der Waals surface area contributed by atoms with Gasteiger partial charge in [-0.1, -0.05) is 0 Å². The van der Waals surface area contributed by atoms with E-state index >= 15 is 0 Å². The predicted molar refractivity (Wildman–Crippen MR) is 64.6 cm³/mol. The Labute approximate surface area is 98.6 Å². The Bertz CT molecular complexity index is 455. The molecule has 3 heterocycles. The van der Waals surface area contributed by atoms with Crippen molar-refractivity contribution >= 4 is 11.3 Å². The third-order valence-electron chi connectivity index (χ3n) is 2.75. The van der Waals surface area contributed by atoms with Crippen LogP contribution in [0.25, 0.3) is 0 Å². The maximum absolute atomic E-state index is 4.70. The molecule has 4 heteroatoms. The quantitative estimate of drug-likeness (QED) is 0.856. The highest BCUT2D eigenvalue weighted by atomic mass is 32.1. The van der Waals surface area contributed by atoms with E-state index in [-0.39, 0.29) is 0 Å². The fourth-order valence-corrected chi connectivity index (χ4v) is 3.05. The predicted octanol–water partition coefficient (Wildman–Crippen LogP) is 1.77. The minimum Gasteiger partial charge on any atom is -0.311 e. The van der Waals surface area contributed by atoms with Gasteiger partial charge in [0.1, 0.15) is 0 Å². The van der Waals surface area contributed by atoms with E-state index < -0.39 is 0 Å². The molecule has 3 nitrogen and oxygen atoms in total. The average molecular weight is 231 g/mol. The number of hydrogen-bond acceptors (Lipinski definition) is 4. The van der Waals surface area contributed by atoms with Gasteiger partial charge in [0, 0.05) is 43.2 Å². The number of nitrogens with zero attached hydrogens (tertiary/aromatic N) is 2. The van der Waals surface area contributed by atoms with Crippen molar-refractivity contribution in [2.45, 2.75) is 19.4 Å². The van der Waals surface area contributed by atoms with Gasteiger partial charge >= 0.3 is 0 Å². The number of thiazole rings is 1. The summed E-state index contributed by atoms with van der Waals surface area (Å²) in [7, 11) is 0. The van der Waals surface area contributed by atoms with Gasteiger partial charge < -0.3 is 5.32 Å². The maximum Gasteiger partial charge on any atom is 0.0975 e. The fourth-order valence-electron chi connectivity index (χ4n) is 1.93. The minimum absolute atomic E-state index is 0.931. The van der Waals surface area contributed by atoms with Gasteiger partial charge in [-0.25, -0.2) is 4.98 Å². The first-order chi connectivity index (χ1) is 7.92. The van der Waals surface area contributed by atoms with Crippen molar-refractivity contribution in [3.8, 4) is 0 Å². The van der Waals surface area contributed by atoms with Crippen LogP contribution in [0.4, 0.5) is 0 Å². The number of fused-ring (bicyclic) bond motifs is 1. The van der Waals surface area contributed by atoms with Crippen LogP contribution in [0.2, 0.25) is 0 Å². The number of pyridine rings is 1. The molecule has 0 atom stereocenters. The van der Waals surface area contributed by atoms with E-state index in [0.717, 1.165) is 25.9 Å². The lowest BCUT2D eigenvalue weighted by Crippen LogP contribution is -2.22. The summed E-state index contributed by atoms with van der Waals surface area (Å²) in [6.45, 7) is 2.05. The van der Waals surface area contributed by atoms with Gasteiger partial charge in [-0.15, -0.1) is 11.3 Å². The molecule has 0 saturated carbocycles. The second-order valence-electron chi connectivity index (χ2n) is 3.94. The van der Waals surface area contributed by atoms with Crippen molar-refractivity contribution in [1.82, 2.24) is 15.3 Å². The van der Waals surface area contributed by atoms with Gasteiger partial charge in [-0.3, -0.25) is 4.98 Å². The van der Waals surface area contributed by atoms with Crippen LogP contribution >= 0.6 is 11.3 Å². The third kappa shape index (κ3) is 1.99. The van der Waals surface area contributed by atoms with Gasteiger partial charge in [-0.05, 0) is 17.7 Å². The average Bonchev–Trinajstić information content (AvgIpc) is 2.72. The van der Waals surface area contributed by atoms with E-state index in [9.17, 15) is 0 Å². The molecule has 0 fully saturated rings. The largest absolute Gasteiger partial charge is 0.311 e. The van der Waals surface area contributed by atoms with Crippen molar-refractivity contribution in [3.05, 3.63) is 45.7 Å².